The Labute approximate surface area is 175 Å². The Bertz CT molecular complexity index is 739. The van der Waals surface area contributed by atoms with Crippen molar-refractivity contribution >= 4 is 0 Å². The van der Waals surface area contributed by atoms with Gasteiger partial charge in [0.15, 0.2) is 0 Å². The number of hydrogen-bond donors (Lipinski definition) is 0. The molecule has 3 aromatic carbocycles. The molecule has 0 atom stereocenters. The van der Waals surface area contributed by atoms with Gasteiger partial charge in [-0.05, 0) is 12.0 Å². The van der Waals surface area contributed by atoms with E-state index in [1.165, 1.54) is 27.8 Å². The van der Waals surface area contributed by atoms with Gasteiger partial charge in [0.25, 0.3) is 0 Å². The van der Waals surface area contributed by atoms with Crippen molar-refractivity contribution in [3.8, 4) is 16.9 Å². The summed E-state index contributed by atoms with van der Waals surface area (Å²) < 4.78 is 5.39. The number of hydrogen-bond acceptors (Lipinski definition) is 1. The van der Waals surface area contributed by atoms with Crippen molar-refractivity contribution in [3.05, 3.63) is 83.4 Å². The number of aryl methyl sites for hydroxylation is 1. The molecule has 3 aromatic rings. The zero-order valence-corrected chi connectivity index (χ0v) is 17.6. The van der Waals surface area contributed by atoms with Crippen LogP contribution in [0.4, 0.5) is 0 Å². The average Bonchev–Trinajstić information content (AvgIpc) is 3.13. The molecule has 0 N–H and O–H groups in total. The molecule has 0 aromatic heterocycles. The maximum atomic E-state index is 5.39. The zero-order chi connectivity index (χ0) is 14.7. The standard InChI is InChI=1S/C14H11O.C6H7.2ClH.Zr/c1-15-13-8-4-6-11-9-10-5-2-3-7-12(10)14(11)13;1-6-4-2-3-5-6;;;/h2-5,7-8H,9H2,1H3;2-5H,1H3;2*1H;/q2*-1;;;+4/p-2. The van der Waals surface area contributed by atoms with Gasteiger partial charge in [-0.2, -0.15) is 29.8 Å². The van der Waals surface area contributed by atoms with E-state index in [1.807, 2.05) is 24.3 Å². The molecule has 0 bridgehead atoms. The predicted molar refractivity (Wildman–Crippen MR) is 86.8 cm³/mol. The van der Waals surface area contributed by atoms with Gasteiger partial charge in [-0.1, -0.05) is 42.3 Å². The fourth-order valence-corrected chi connectivity index (χ4v) is 2.71. The zero-order valence-electron chi connectivity index (χ0n) is 13.6. The summed E-state index contributed by atoms with van der Waals surface area (Å²) in [5.41, 5.74) is 6.47. The second-order valence-corrected chi connectivity index (χ2v) is 5.20. The Kier molecular flexibility index (Phi) is 10.4. The van der Waals surface area contributed by atoms with E-state index in [0.29, 0.717) is 0 Å². The normalized spacial score (nSPS) is 9.75. The number of fused-ring (bicyclic) bond motifs is 3. The maximum absolute atomic E-state index is 5.39. The monoisotopic (exact) mass is 434 g/mol. The van der Waals surface area contributed by atoms with Crippen LogP contribution in [0, 0.1) is 13.0 Å². The van der Waals surface area contributed by atoms with E-state index in [2.05, 4.69) is 49.4 Å². The molecule has 24 heavy (non-hydrogen) atoms. The summed E-state index contributed by atoms with van der Waals surface area (Å²) in [7, 11) is 1.72. The van der Waals surface area contributed by atoms with Crippen molar-refractivity contribution in [1.29, 1.82) is 0 Å². The Morgan fingerprint density at radius 2 is 1.67 bits per heavy atom. The molecule has 1 aliphatic carbocycles. The van der Waals surface area contributed by atoms with Crippen LogP contribution in [0.25, 0.3) is 11.1 Å². The minimum atomic E-state index is 0. The average molecular weight is 436 g/mol. The Hall–Kier alpha value is -0.947. The minimum Gasteiger partial charge on any atom is -1.00 e. The van der Waals surface area contributed by atoms with Crippen LogP contribution in [-0.4, -0.2) is 7.11 Å². The van der Waals surface area contributed by atoms with E-state index in [-0.39, 0.29) is 51.0 Å². The summed E-state index contributed by atoms with van der Waals surface area (Å²) in [4.78, 5) is 0. The Morgan fingerprint density at radius 1 is 1.00 bits per heavy atom. The third-order valence-electron chi connectivity index (χ3n) is 3.74. The number of halogens is 2. The van der Waals surface area contributed by atoms with Gasteiger partial charge in [0.05, 0.1) is 7.11 Å². The van der Waals surface area contributed by atoms with Gasteiger partial charge in [0, 0.05) is 5.75 Å². The molecule has 0 spiro atoms. The van der Waals surface area contributed by atoms with Gasteiger partial charge in [0.1, 0.15) is 0 Å². The summed E-state index contributed by atoms with van der Waals surface area (Å²) >= 11 is 0. The van der Waals surface area contributed by atoms with Crippen LogP contribution in [0.3, 0.4) is 0 Å². The van der Waals surface area contributed by atoms with Gasteiger partial charge in [0.2, 0.25) is 0 Å². The van der Waals surface area contributed by atoms with Crippen LogP contribution < -0.4 is 29.6 Å². The summed E-state index contributed by atoms with van der Waals surface area (Å²) in [6.07, 6.45) is 0.975. The van der Waals surface area contributed by atoms with Crippen LogP contribution in [-0.2, 0) is 32.6 Å². The molecule has 0 unspecified atom stereocenters. The molecule has 1 aliphatic rings. The number of methoxy groups -OCH3 is 1. The summed E-state index contributed by atoms with van der Waals surface area (Å²) in [5, 5.41) is 0. The van der Waals surface area contributed by atoms with Gasteiger partial charge in [-0.15, -0.1) is 11.6 Å². The maximum Gasteiger partial charge on any atom is 4.00 e. The molecule has 122 valence electrons. The molecule has 0 aliphatic heterocycles. The molecule has 0 radical (unpaired) electrons. The SMILES string of the molecule is COc1cc[c-]c2c1-c1ccccc1C2.C[c-]1cccc1.[Cl-].[Cl-].[Zr+4]. The van der Waals surface area contributed by atoms with Crippen molar-refractivity contribution in [1.82, 2.24) is 0 Å². The van der Waals surface area contributed by atoms with Crippen molar-refractivity contribution < 1.29 is 55.8 Å². The molecular weight excluding hydrogens is 418 g/mol. The quantitative estimate of drug-likeness (QED) is 0.340. The molecule has 0 amide bonds. The molecule has 1 nitrogen and oxygen atoms in total. The number of benzene rings is 2. The first-order valence-electron chi connectivity index (χ1n) is 7.13. The van der Waals surface area contributed by atoms with Crippen LogP contribution in [0.5, 0.6) is 5.75 Å². The first-order valence-corrected chi connectivity index (χ1v) is 7.13. The first kappa shape index (κ1) is 23.1. The van der Waals surface area contributed by atoms with E-state index in [0.717, 1.165) is 12.2 Å². The largest absolute Gasteiger partial charge is 4.00 e. The second-order valence-electron chi connectivity index (χ2n) is 5.20. The molecule has 0 saturated carbocycles. The van der Waals surface area contributed by atoms with Crippen molar-refractivity contribution in [2.24, 2.45) is 0 Å². The Balaban J connectivity index is 0.000000511. The number of ether oxygens (including phenoxy) is 1. The van der Waals surface area contributed by atoms with Crippen molar-refractivity contribution in [2.45, 2.75) is 13.3 Å². The van der Waals surface area contributed by atoms with Gasteiger partial charge in [-0.3, -0.25) is 0 Å². The van der Waals surface area contributed by atoms with Crippen molar-refractivity contribution in [2.75, 3.05) is 7.11 Å². The van der Waals surface area contributed by atoms with Gasteiger partial charge in [-0.25, -0.2) is 12.1 Å². The number of rotatable bonds is 1. The topological polar surface area (TPSA) is 9.23 Å². The van der Waals surface area contributed by atoms with E-state index in [4.69, 9.17) is 4.74 Å². The molecular formula is C20H18Cl2OZr. The second kappa shape index (κ2) is 10.8. The Morgan fingerprint density at radius 3 is 2.25 bits per heavy atom. The van der Waals surface area contributed by atoms with Crippen LogP contribution in [0.15, 0.2) is 60.7 Å². The third-order valence-corrected chi connectivity index (χ3v) is 3.74. The fraction of sp³-hybridized carbons (Fsp3) is 0.150. The van der Waals surface area contributed by atoms with Crippen LogP contribution >= 0.6 is 0 Å². The van der Waals surface area contributed by atoms with Crippen molar-refractivity contribution in [3.63, 3.8) is 0 Å². The van der Waals surface area contributed by atoms with E-state index >= 15 is 0 Å². The van der Waals surface area contributed by atoms with Crippen LogP contribution in [0.2, 0.25) is 0 Å². The van der Waals surface area contributed by atoms with Gasteiger partial charge < -0.3 is 29.6 Å². The smallest absolute Gasteiger partial charge is 1.00 e. The van der Waals surface area contributed by atoms with E-state index in [1.54, 1.807) is 7.11 Å². The minimum absolute atomic E-state index is 0. The molecule has 0 fully saturated rings. The molecule has 0 saturated heterocycles. The summed E-state index contributed by atoms with van der Waals surface area (Å²) in [6.45, 7) is 2.08. The van der Waals surface area contributed by atoms with Gasteiger partial charge >= 0.3 is 26.2 Å². The molecule has 4 rings (SSSR count). The third kappa shape index (κ3) is 5.02. The van der Waals surface area contributed by atoms with Crippen LogP contribution in [0.1, 0.15) is 16.7 Å². The van der Waals surface area contributed by atoms with E-state index in [9.17, 15) is 0 Å². The predicted octanol–water partition coefficient (Wildman–Crippen LogP) is -1.21. The molecule has 4 heteroatoms. The molecule has 0 heterocycles. The first-order chi connectivity index (χ1) is 10.3. The summed E-state index contributed by atoms with van der Waals surface area (Å²) in [5.74, 6) is 0.952. The van der Waals surface area contributed by atoms with E-state index < -0.39 is 0 Å². The summed E-state index contributed by atoms with van der Waals surface area (Å²) in [6, 6.07) is 23.9. The fourth-order valence-electron chi connectivity index (χ4n) is 2.71.